The third kappa shape index (κ3) is 5.70. The number of imidazole rings is 1. The second-order valence-electron chi connectivity index (χ2n) is 8.90. The Morgan fingerprint density at radius 1 is 1.03 bits per heavy atom. The maximum atomic E-state index is 14.2. The van der Waals surface area contributed by atoms with Crippen LogP contribution in [0, 0.1) is 0 Å². The normalized spacial score (nSPS) is 17.2. The van der Waals surface area contributed by atoms with Crippen molar-refractivity contribution in [2.24, 2.45) is 0 Å². The van der Waals surface area contributed by atoms with Gasteiger partial charge < -0.3 is 9.88 Å². The van der Waals surface area contributed by atoms with Gasteiger partial charge in [0.05, 0.1) is 17.3 Å². The van der Waals surface area contributed by atoms with E-state index in [9.17, 15) is 31.1 Å². The van der Waals surface area contributed by atoms with Crippen molar-refractivity contribution in [1.29, 1.82) is 0 Å². The fourth-order valence-electron chi connectivity index (χ4n) is 4.93. The standard InChI is InChI=1S/C26H26F6N4OS/c1-33-23(37)20(17-6-4-3-5-7-17)35-14-15-36-21(22(26(30,31)32)34-24(36)38-2)19(35)13-10-16-8-11-18(12-9-16)25(27,28)29/h3-9,11-12,19-20H,10,13-15H2,1-2H3,(H,33,37)/t19-,20+/m0/s1. The second kappa shape index (κ2) is 11.0. The molecule has 204 valence electrons. The lowest BCUT2D eigenvalue weighted by atomic mass is 9.94. The number of rotatable bonds is 7. The van der Waals surface area contributed by atoms with Gasteiger partial charge in [-0.05, 0) is 42.4 Å². The monoisotopic (exact) mass is 556 g/mol. The number of thioether (sulfide) groups is 1. The van der Waals surface area contributed by atoms with Crippen molar-refractivity contribution in [2.45, 2.75) is 49.0 Å². The number of hydrogen-bond acceptors (Lipinski definition) is 4. The third-order valence-electron chi connectivity index (χ3n) is 6.65. The number of nitrogens with zero attached hydrogens (tertiary/aromatic N) is 3. The molecule has 1 amide bonds. The molecule has 1 aliphatic heterocycles. The van der Waals surface area contributed by atoms with E-state index in [0.717, 1.165) is 23.9 Å². The lowest BCUT2D eigenvalue weighted by molar-refractivity contribution is -0.143. The zero-order valence-corrected chi connectivity index (χ0v) is 21.4. The average Bonchev–Trinajstić information content (AvgIpc) is 3.28. The minimum atomic E-state index is -4.73. The Hall–Kier alpha value is -2.99. The Bertz CT molecular complexity index is 1260. The predicted octanol–water partition coefficient (Wildman–Crippen LogP) is 6.12. The van der Waals surface area contributed by atoms with E-state index >= 15 is 0 Å². The Balaban J connectivity index is 1.79. The quantitative estimate of drug-likeness (QED) is 0.282. The summed E-state index contributed by atoms with van der Waals surface area (Å²) in [5.74, 6) is -0.373. The highest BCUT2D eigenvalue weighted by atomic mass is 32.2. The van der Waals surface area contributed by atoms with Gasteiger partial charge in [-0.3, -0.25) is 9.69 Å². The molecular weight excluding hydrogens is 530 g/mol. The van der Waals surface area contributed by atoms with E-state index < -0.39 is 35.7 Å². The third-order valence-corrected chi connectivity index (χ3v) is 7.33. The smallest absolute Gasteiger partial charge is 0.358 e. The van der Waals surface area contributed by atoms with Crippen molar-refractivity contribution in [3.05, 3.63) is 82.7 Å². The molecule has 0 saturated heterocycles. The van der Waals surface area contributed by atoms with Crippen LogP contribution in [0.2, 0.25) is 0 Å². The zero-order valence-electron chi connectivity index (χ0n) is 20.6. The first-order valence-electron chi connectivity index (χ1n) is 11.9. The van der Waals surface area contributed by atoms with Gasteiger partial charge in [0.15, 0.2) is 10.9 Å². The van der Waals surface area contributed by atoms with E-state index in [4.69, 9.17) is 0 Å². The van der Waals surface area contributed by atoms with Crippen LogP contribution in [0.25, 0.3) is 0 Å². The Morgan fingerprint density at radius 3 is 2.24 bits per heavy atom. The van der Waals surface area contributed by atoms with Gasteiger partial charge in [0.2, 0.25) is 5.91 Å². The topological polar surface area (TPSA) is 50.2 Å². The number of amides is 1. The van der Waals surface area contributed by atoms with Crippen molar-refractivity contribution >= 4 is 17.7 Å². The van der Waals surface area contributed by atoms with Crippen LogP contribution in [-0.2, 0) is 30.1 Å². The van der Waals surface area contributed by atoms with Gasteiger partial charge in [0.25, 0.3) is 0 Å². The molecule has 0 aliphatic carbocycles. The van der Waals surface area contributed by atoms with E-state index in [2.05, 4.69) is 10.3 Å². The van der Waals surface area contributed by atoms with Gasteiger partial charge in [0, 0.05) is 20.1 Å². The van der Waals surface area contributed by atoms with Crippen molar-refractivity contribution in [1.82, 2.24) is 19.8 Å². The highest BCUT2D eigenvalue weighted by Crippen LogP contribution is 2.44. The van der Waals surface area contributed by atoms with Crippen LogP contribution in [0.1, 0.15) is 46.6 Å². The molecule has 12 heteroatoms. The Kier molecular flexibility index (Phi) is 8.12. The number of alkyl halides is 6. The maximum absolute atomic E-state index is 14.2. The summed E-state index contributed by atoms with van der Waals surface area (Å²) in [7, 11) is 1.47. The van der Waals surface area contributed by atoms with Gasteiger partial charge in [-0.25, -0.2) is 4.98 Å². The molecule has 5 nitrogen and oxygen atoms in total. The SMILES string of the molecule is CNC(=O)[C@@H](c1ccccc1)N1CCn2c(SC)nc(C(F)(F)F)c2[C@@H]1CCc1ccc(C(F)(F)F)cc1. The highest BCUT2D eigenvalue weighted by molar-refractivity contribution is 7.98. The molecule has 3 aromatic rings. The summed E-state index contributed by atoms with van der Waals surface area (Å²) >= 11 is 1.11. The summed E-state index contributed by atoms with van der Waals surface area (Å²) in [6, 6.07) is 11.6. The average molecular weight is 557 g/mol. The molecule has 1 aliphatic rings. The fraction of sp³-hybridized carbons (Fsp3) is 0.385. The molecule has 0 radical (unpaired) electrons. The summed E-state index contributed by atoms with van der Waals surface area (Å²) in [6.45, 7) is 0.477. The number of halogens is 6. The van der Waals surface area contributed by atoms with Gasteiger partial charge >= 0.3 is 12.4 Å². The zero-order chi connectivity index (χ0) is 27.7. The molecule has 1 aromatic heterocycles. The number of carbonyl (C=O) groups excluding carboxylic acids is 1. The molecule has 4 rings (SSSR count). The molecule has 38 heavy (non-hydrogen) atoms. The van der Waals surface area contributed by atoms with Crippen molar-refractivity contribution in [3.8, 4) is 0 Å². The first-order chi connectivity index (χ1) is 18.0. The van der Waals surface area contributed by atoms with Crippen LogP contribution in [0.4, 0.5) is 26.3 Å². The van der Waals surface area contributed by atoms with Gasteiger partial charge in [-0.15, -0.1) is 0 Å². The lowest BCUT2D eigenvalue weighted by Crippen LogP contribution is -2.46. The number of aryl methyl sites for hydroxylation is 1. The van der Waals surface area contributed by atoms with E-state index in [0.29, 0.717) is 11.1 Å². The largest absolute Gasteiger partial charge is 0.435 e. The molecule has 0 bridgehead atoms. The number of hydrogen-bond donors (Lipinski definition) is 1. The Labute approximate surface area is 220 Å². The maximum Gasteiger partial charge on any atom is 0.435 e. The molecule has 0 fully saturated rings. The molecule has 0 saturated carbocycles. The predicted molar refractivity (Wildman–Crippen MR) is 131 cm³/mol. The lowest BCUT2D eigenvalue weighted by Gasteiger charge is -2.42. The first kappa shape index (κ1) is 28.0. The summed E-state index contributed by atoms with van der Waals surface area (Å²) in [6.07, 6.45) is -7.23. The van der Waals surface area contributed by atoms with E-state index in [1.165, 1.54) is 19.2 Å². The summed E-state index contributed by atoms with van der Waals surface area (Å²) in [5, 5.41) is 2.85. The number of likely N-dealkylation sites (N-methyl/N-ethyl adjacent to an activating group) is 1. The van der Waals surface area contributed by atoms with E-state index in [-0.39, 0.29) is 42.7 Å². The van der Waals surface area contributed by atoms with E-state index in [1.54, 1.807) is 46.1 Å². The first-order valence-corrected chi connectivity index (χ1v) is 13.1. The van der Waals surface area contributed by atoms with Crippen molar-refractivity contribution in [2.75, 3.05) is 19.8 Å². The molecule has 2 heterocycles. The van der Waals surface area contributed by atoms with E-state index in [1.807, 2.05) is 0 Å². The number of benzene rings is 2. The molecule has 0 spiro atoms. The number of aromatic nitrogens is 2. The highest BCUT2D eigenvalue weighted by Gasteiger charge is 2.46. The fourth-order valence-corrected chi connectivity index (χ4v) is 5.52. The Morgan fingerprint density at radius 2 is 1.68 bits per heavy atom. The minimum Gasteiger partial charge on any atom is -0.358 e. The van der Waals surface area contributed by atoms with Crippen LogP contribution >= 0.6 is 11.8 Å². The van der Waals surface area contributed by atoms with Crippen LogP contribution in [0.3, 0.4) is 0 Å². The summed E-state index contributed by atoms with van der Waals surface area (Å²) in [5.41, 5.74) is -0.675. The van der Waals surface area contributed by atoms with Crippen molar-refractivity contribution in [3.63, 3.8) is 0 Å². The van der Waals surface area contributed by atoms with Crippen molar-refractivity contribution < 1.29 is 31.1 Å². The van der Waals surface area contributed by atoms with Gasteiger partial charge in [0.1, 0.15) is 6.04 Å². The number of nitrogens with one attached hydrogen (secondary N) is 1. The molecular formula is C26H26F6N4OS. The number of fused-ring (bicyclic) bond motifs is 1. The molecule has 0 unspecified atom stereocenters. The molecule has 2 aromatic carbocycles. The molecule has 2 atom stereocenters. The van der Waals surface area contributed by atoms with Gasteiger partial charge in [-0.2, -0.15) is 26.3 Å². The number of carbonyl (C=O) groups is 1. The second-order valence-corrected chi connectivity index (χ2v) is 9.67. The minimum absolute atomic E-state index is 0.0372. The van der Waals surface area contributed by atoms with Crippen LogP contribution in [0.5, 0.6) is 0 Å². The van der Waals surface area contributed by atoms with Gasteiger partial charge in [-0.1, -0.05) is 54.2 Å². The van der Waals surface area contributed by atoms with Crippen LogP contribution in [-0.4, -0.2) is 40.2 Å². The summed E-state index contributed by atoms with van der Waals surface area (Å²) in [4.78, 5) is 18.8. The summed E-state index contributed by atoms with van der Waals surface area (Å²) < 4.78 is 83.2. The van der Waals surface area contributed by atoms with Crippen LogP contribution < -0.4 is 5.32 Å². The molecule has 1 N–H and O–H groups in total. The van der Waals surface area contributed by atoms with Crippen LogP contribution in [0.15, 0.2) is 59.8 Å².